The van der Waals surface area contributed by atoms with E-state index < -0.39 is 48.5 Å². The molecule has 0 aliphatic carbocycles. The van der Waals surface area contributed by atoms with Crippen LogP contribution in [0.15, 0.2) is 35.6 Å². The fourth-order valence-electron chi connectivity index (χ4n) is 7.25. The number of oxime groups is 1. The third kappa shape index (κ3) is 47.9. The highest BCUT2D eigenvalue weighted by molar-refractivity contribution is 8.02. The highest BCUT2D eigenvalue weighted by Gasteiger charge is 2.28. The number of amides is 6. The van der Waals surface area contributed by atoms with E-state index in [2.05, 4.69) is 83.6 Å². The lowest BCUT2D eigenvalue weighted by Gasteiger charge is -2.24. The molecule has 0 aliphatic rings. The van der Waals surface area contributed by atoms with Gasteiger partial charge in [-0.25, -0.2) is 14.3 Å². The molecule has 7 N–H and O–H groups in total. The van der Waals surface area contributed by atoms with Crippen molar-refractivity contribution in [3.05, 3.63) is 41.7 Å². The van der Waals surface area contributed by atoms with Crippen LogP contribution in [0.1, 0.15) is 92.3 Å². The molecule has 0 spiro atoms. The van der Waals surface area contributed by atoms with Gasteiger partial charge in [-0.2, -0.15) is 11.8 Å². The summed E-state index contributed by atoms with van der Waals surface area (Å²) in [5.74, 6) is -0.320. The number of aromatic nitrogens is 3. The Kier molecular flexibility index (Phi) is 48.3. The summed E-state index contributed by atoms with van der Waals surface area (Å²) in [5, 5.41) is 26.4. The largest absolute Gasteiger partial charge is 0.445 e. The molecule has 0 fully saturated rings. The molecular weight excluding hydrogens is 1210 g/mol. The Balaban J connectivity index is 1.56. The van der Waals surface area contributed by atoms with Crippen LogP contribution >= 0.6 is 23.5 Å². The van der Waals surface area contributed by atoms with Crippen LogP contribution in [0.3, 0.4) is 0 Å². The van der Waals surface area contributed by atoms with E-state index in [-0.39, 0.29) is 43.2 Å². The summed E-state index contributed by atoms with van der Waals surface area (Å²) in [6, 6.07) is 3.88. The van der Waals surface area contributed by atoms with Crippen molar-refractivity contribution in [1.82, 2.24) is 36.3 Å². The fraction of sp³-hybridized carbons (Fsp3) is 0.767. The SMILES string of the molecule is CCCOCCOCCOCCOCCOCCOCCOCCOCCOCCOCCOCCn1cc(CNC(=O)OCc2ccc(NC(=O)[C@H](CCCNC(N)=O)NC(=O)[C@H](CC(C)C)NC(=O)CO/N=C(\CSC(C)C)CSC(C)(C)C)cc2)nn1. The number of alkyl carbamates (subject to hydrolysis) is 1. The number of hydrogen-bond donors (Lipinski definition) is 6. The van der Waals surface area contributed by atoms with Gasteiger partial charge in [-0.05, 0) is 54.5 Å². The number of anilines is 1. The van der Waals surface area contributed by atoms with Gasteiger partial charge in [-0.3, -0.25) is 14.4 Å². The first-order valence-corrected chi connectivity index (χ1v) is 33.1. The van der Waals surface area contributed by atoms with Gasteiger partial charge in [0, 0.05) is 35.1 Å². The monoisotopic (exact) mass is 1320 g/mol. The molecule has 6 amide bonds. The summed E-state index contributed by atoms with van der Waals surface area (Å²) in [7, 11) is 0. The fourth-order valence-corrected chi connectivity index (χ4v) is 8.81. The summed E-state index contributed by atoms with van der Waals surface area (Å²) in [5.41, 5.74) is 7.63. The zero-order chi connectivity index (χ0) is 65.7. The Hall–Kier alpha value is -4.96. The van der Waals surface area contributed by atoms with Crippen molar-refractivity contribution in [2.45, 2.75) is 123 Å². The highest BCUT2D eigenvalue weighted by atomic mass is 32.2. The second-order valence-electron chi connectivity index (χ2n) is 21.8. The number of rotatable bonds is 58. The number of primary amides is 1. The number of urea groups is 1. The van der Waals surface area contributed by atoms with E-state index in [1.807, 2.05) is 13.8 Å². The summed E-state index contributed by atoms with van der Waals surface area (Å²) in [6.45, 7) is 27.4. The van der Waals surface area contributed by atoms with E-state index in [0.717, 1.165) is 18.7 Å². The van der Waals surface area contributed by atoms with Gasteiger partial charge in [0.25, 0.3) is 5.91 Å². The average molecular weight is 1320 g/mol. The van der Waals surface area contributed by atoms with Crippen molar-refractivity contribution in [1.29, 1.82) is 0 Å². The lowest BCUT2D eigenvalue weighted by Crippen LogP contribution is -2.53. The van der Waals surface area contributed by atoms with Crippen LogP contribution < -0.4 is 32.3 Å². The number of carbonyl (C=O) groups is 5. The maximum Gasteiger partial charge on any atom is 0.407 e. The number of ether oxygens (including phenoxy) is 12. The zero-order valence-corrected chi connectivity index (χ0v) is 56.2. The minimum atomic E-state index is -1.05. The van der Waals surface area contributed by atoms with Gasteiger partial charge in [0.05, 0.1) is 164 Å². The third-order valence-corrected chi connectivity index (χ3v) is 14.2. The minimum absolute atomic E-state index is 0.00787. The predicted octanol–water partition coefficient (Wildman–Crippen LogP) is 4.75. The molecule has 1 aromatic heterocycles. The smallest absolute Gasteiger partial charge is 0.407 e. The quantitative estimate of drug-likeness (QED) is 0.0296. The van der Waals surface area contributed by atoms with E-state index in [9.17, 15) is 24.0 Å². The van der Waals surface area contributed by atoms with Gasteiger partial charge in [-0.1, -0.05) is 77.9 Å². The summed E-state index contributed by atoms with van der Waals surface area (Å²) in [6.07, 6.45) is 2.77. The number of benzene rings is 1. The van der Waals surface area contributed by atoms with Crippen molar-refractivity contribution in [3.8, 4) is 0 Å². The molecule has 0 unspecified atom stereocenters. The number of nitrogens with two attached hydrogens (primary N) is 1. The first kappa shape index (κ1) is 81.1. The molecule has 0 bridgehead atoms. The van der Waals surface area contributed by atoms with Crippen LogP contribution in [0.5, 0.6) is 0 Å². The molecular formula is C60H106N10O18S2. The summed E-state index contributed by atoms with van der Waals surface area (Å²) < 4.78 is 67.6. The van der Waals surface area contributed by atoms with Crippen molar-refractivity contribution in [3.63, 3.8) is 0 Å². The molecule has 1 heterocycles. The van der Waals surface area contributed by atoms with E-state index in [0.29, 0.717) is 185 Å². The van der Waals surface area contributed by atoms with E-state index in [1.54, 1.807) is 58.7 Å². The Bertz CT molecular complexity index is 2200. The van der Waals surface area contributed by atoms with Crippen LogP contribution in [0.25, 0.3) is 0 Å². The molecule has 0 saturated carbocycles. The van der Waals surface area contributed by atoms with E-state index >= 15 is 0 Å². The molecule has 2 atom stereocenters. The molecule has 1 aromatic carbocycles. The first-order chi connectivity index (χ1) is 43.4. The second-order valence-corrected chi connectivity index (χ2v) is 25.1. The Morgan fingerprint density at radius 3 is 1.60 bits per heavy atom. The molecule has 0 saturated heterocycles. The van der Waals surface area contributed by atoms with Gasteiger partial charge in [0.15, 0.2) is 6.61 Å². The topological polar surface area (TPSA) is 335 Å². The Labute approximate surface area is 541 Å². The molecule has 0 aliphatic heterocycles. The van der Waals surface area contributed by atoms with Crippen LogP contribution in [0.2, 0.25) is 0 Å². The van der Waals surface area contributed by atoms with E-state index in [4.69, 9.17) is 67.4 Å². The van der Waals surface area contributed by atoms with Gasteiger partial charge in [0.1, 0.15) is 24.4 Å². The average Bonchev–Trinajstić information content (AvgIpc) is 3.90. The van der Waals surface area contributed by atoms with Crippen LogP contribution in [-0.4, -0.2) is 243 Å². The lowest BCUT2D eigenvalue weighted by molar-refractivity contribution is -0.133. The number of nitrogens with zero attached hydrogens (tertiary/aromatic N) is 4. The van der Waals surface area contributed by atoms with Gasteiger partial charge in [-0.15, -0.1) is 16.9 Å². The van der Waals surface area contributed by atoms with Gasteiger partial charge < -0.3 is 94.0 Å². The number of nitrogens with one attached hydrogen (secondary N) is 5. The van der Waals surface area contributed by atoms with Crippen LogP contribution in [0, 0.1) is 5.92 Å². The van der Waals surface area contributed by atoms with Crippen molar-refractivity contribution < 1.29 is 85.7 Å². The maximum atomic E-state index is 13.8. The zero-order valence-electron chi connectivity index (χ0n) is 54.6. The molecule has 90 heavy (non-hydrogen) atoms. The standard InChI is InChI=1S/C60H106N10O18S2/c1-9-18-76-20-22-78-24-26-80-28-30-82-32-34-84-36-38-86-39-37-85-35-33-83-31-29-81-27-25-79-23-21-77-19-17-70-42-51(67-69-70)41-63-59(75)87-43-49-12-14-50(15-13-49)64-56(72)53(11-10-16-62-58(61)74)66-57(73)54(40-47(2)3)65-55(71)44-88-68-52(45-89-48(4)5)46-90-60(6,7)8/h12-15,42,47-48,53-54H,9-11,16-41,43-46H2,1-8H3,(H,63,75)(H,64,72)(H,65,71)(H,66,73)(H3,61,62,74)/b68-52+/t53-,54-/m0/s1. The van der Waals surface area contributed by atoms with Crippen LogP contribution in [0.4, 0.5) is 15.3 Å². The Morgan fingerprint density at radius 2 is 1.13 bits per heavy atom. The van der Waals surface area contributed by atoms with Crippen molar-refractivity contribution in [2.24, 2.45) is 16.8 Å². The Morgan fingerprint density at radius 1 is 0.633 bits per heavy atom. The summed E-state index contributed by atoms with van der Waals surface area (Å²) in [4.78, 5) is 70.0. The maximum absolute atomic E-state index is 13.8. The van der Waals surface area contributed by atoms with Gasteiger partial charge >= 0.3 is 12.1 Å². The molecule has 516 valence electrons. The molecule has 28 nitrogen and oxygen atoms in total. The highest BCUT2D eigenvalue weighted by Crippen LogP contribution is 2.24. The molecule has 30 heteroatoms. The molecule has 0 radical (unpaired) electrons. The van der Waals surface area contributed by atoms with E-state index in [1.165, 1.54) is 0 Å². The molecule has 2 aromatic rings. The van der Waals surface area contributed by atoms with Crippen LogP contribution in [-0.2, 0) is 95.8 Å². The number of carbonyl (C=O) groups excluding carboxylic acids is 5. The van der Waals surface area contributed by atoms with Gasteiger partial charge in [0.2, 0.25) is 11.8 Å². The van der Waals surface area contributed by atoms with Crippen molar-refractivity contribution in [2.75, 3.05) is 175 Å². The predicted molar refractivity (Wildman–Crippen MR) is 345 cm³/mol. The minimum Gasteiger partial charge on any atom is -0.445 e. The summed E-state index contributed by atoms with van der Waals surface area (Å²) >= 11 is 3.46. The second kappa shape index (κ2) is 53.5. The lowest BCUT2D eigenvalue weighted by atomic mass is 10.0. The molecule has 2 rings (SSSR count). The third-order valence-electron chi connectivity index (χ3n) is 11.7. The number of thioether (sulfide) groups is 2. The first-order valence-electron chi connectivity index (χ1n) is 31.0. The number of hydrogen-bond acceptors (Lipinski definition) is 23. The normalized spacial score (nSPS) is 12.5. The van der Waals surface area contributed by atoms with Crippen molar-refractivity contribution >= 4 is 64.8 Å².